The monoisotopic (exact) mass is 337 g/mol. The molecule has 0 unspecified atom stereocenters. The van der Waals surface area contributed by atoms with Crippen molar-refractivity contribution in [2.75, 3.05) is 0 Å². The highest BCUT2D eigenvalue weighted by atomic mass is 19.1. The molecule has 1 aliphatic rings. The standard InChI is InChI=1S/C20H16FNO3/c21-18-10-8-14(9-11-18)12-16-5-3-6-17(20(16)23)13-15-4-1-2-7-19(15)22(24)25/h1-2,4,7-13H,3,5-6H2/b16-12+,17-13+. The van der Waals surface area contributed by atoms with Gasteiger partial charge in [-0.2, -0.15) is 0 Å². The Morgan fingerprint density at radius 2 is 1.60 bits per heavy atom. The fourth-order valence-electron chi connectivity index (χ4n) is 2.90. The van der Waals surface area contributed by atoms with Crippen molar-refractivity contribution in [2.24, 2.45) is 0 Å². The van der Waals surface area contributed by atoms with E-state index >= 15 is 0 Å². The number of para-hydroxylation sites is 1. The second kappa shape index (κ2) is 7.21. The number of halogens is 1. The number of carbonyl (C=O) groups excluding carboxylic acids is 1. The minimum absolute atomic E-state index is 0.0163. The maximum atomic E-state index is 13.0. The van der Waals surface area contributed by atoms with Crippen molar-refractivity contribution in [1.82, 2.24) is 0 Å². The van der Waals surface area contributed by atoms with E-state index in [2.05, 4.69) is 0 Å². The van der Waals surface area contributed by atoms with Gasteiger partial charge in [0.05, 0.1) is 10.5 Å². The molecular weight excluding hydrogens is 321 g/mol. The van der Waals surface area contributed by atoms with Gasteiger partial charge in [0.2, 0.25) is 0 Å². The second-order valence-corrected chi connectivity index (χ2v) is 5.89. The van der Waals surface area contributed by atoms with Crippen LogP contribution in [0.5, 0.6) is 0 Å². The molecule has 126 valence electrons. The molecule has 25 heavy (non-hydrogen) atoms. The van der Waals surface area contributed by atoms with Gasteiger partial charge in [-0.25, -0.2) is 4.39 Å². The van der Waals surface area contributed by atoms with E-state index in [1.54, 1.807) is 42.5 Å². The van der Waals surface area contributed by atoms with E-state index in [0.29, 0.717) is 29.6 Å². The molecule has 0 N–H and O–H groups in total. The number of benzene rings is 2. The van der Waals surface area contributed by atoms with Gasteiger partial charge in [0, 0.05) is 17.2 Å². The molecule has 1 saturated carbocycles. The van der Waals surface area contributed by atoms with E-state index in [0.717, 1.165) is 12.0 Å². The lowest BCUT2D eigenvalue weighted by Gasteiger charge is -2.16. The van der Waals surface area contributed by atoms with Crippen molar-refractivity contribution in [2.45, 2.75) is 19.3 Å². The quantitative estimate of drug-likeness (QED) is 0.452. The van der Waals surface area contributed by atoms with Crippen LogP contribution in [0, 0.1) is 15.9 Å². The molecule has 0 amide bonds. The molecule has 0 aromatic heterocycles. The van der Waals surface area contributed by atoms with Crippen LogP contribution < -0.4 is 0 Å². The van der Waals surface area contributed by atoms with Crippen molar-refractivity contribution >= 4 is 23.6 Å². The molecule has 1 fully saturated rings. The fourth-order valence-corrected chi connectivity index (χ4v) is 2.90. The van der Waals surface area contributed by atoms with Crippen LogP contribution in [0.3, 0.4) is 0 Å². The van der Waals surface area contributed by atoms with E-state index in [4.69, 9.17) is 0 Å². The summed E-state index contributed by atoms with van der Waals surface area (Å²) < 4.78 is 13.0. The van der Waals surface area contributed by atoms with Crippen molar-refractivity contribution in [3.63, 3.8) is 0 Å². The van der Waals surface area contributed by atoms with Crippen LogP contribution in [-0.4, -0.2) is 10.7 Å². The van der Waals surface area contributed by atoms with E-state index in [-0.39, 0.29) is 17.3 Å². The third-order valence-corrected chi connectivity index (χ3v) is 4.15. The summed E-state index contributed by atoms with van der Waals surface area (Å²) in [6.45, 7) is 0. The molecule has 0 radical (unpaired) electrons. The predicted octanol–water partition coefficient (Wildman–Crippen LogP) is 4.95. The third-order valence-electron chi connectivity index (χ3n) is 4.15. The van der Waals surface area contributed by atoms with Gasteiger partial charge >= 0.3 is 0 Å². The molecule has 0 atom stereocenters. The first-order chi connectivity index (χ1) is 12.0. The Labute approximate surface area is 144 Å². The highest BCUT2D eigenvalue weighted by molar-refractivity contribution is 6.14. The summed E-state index contributed by atoms with van der Waals surface area (Å²) in [5.74, 6) is -0.428. The molecule has 1 aliphatic carbocycles. The number of nitro benzene ring substituents is 1. The van der Waals surface area contributed by atoms with Crippen LogP contribution >= 0.6 is 0 Å². The van der Waals surface area contributed by atoms with Crippen LogP contribution in [0.2, 0.25) is 0 Å². The smallest absolute Gasteiger partial charge is 0.276 e. The lowest BCUT2D eigenvalue weighted by Crippen LogP contribution is -2.12. The molecule has 0 bridgehead atoms. The van der Waals surface area contributed by atoms with Crippen molar-refractivity contribution < 1.29 is 14.1 Å². The minimum Gasteiger partial charge on any atom is -0.289 e. The highest BCUT2D eigenvalue weighted by Gasteiger charge is 2.22. The average molecular weight is 337 g/mol. The number of hydrogen-bond donors (Lipinski definition) is 0. The van der Waals surface area contributed by atoms with E-state index in [9.17, 15) is 19.3 Å². The predicted molar refractivity (Wildman–Crippen MR) is 94.3 cm³/mol. The Bertz CT molecular complexity index is 882. The summed E-state index contributed by atoms with van der Waals surface area (Å²) in [5, 5.41) is 11.1. The average Bonchev–Trinajstić information content (AvgIpc) is 2.60. The van der Waals surface area contributed by atoms with Crippen LogP contribution in [0.15, 0.2) is 59.7 Å². The van der Waals surface area contributed by atoms with Crippen LogP contribution in [-0.2, 0) is 4.79 Å². The van der Waals surface area contributed by atoms with E-state index < -0.39 is 4.92 Å². The molecule has 3 rings (SSSR count). The lowest BCUT2D eigenvalue weighted by atomic mass is 9.86. The zero-order valence-electron chi connectivity index (χ0n) is 13.4. The van der Waals surface area contributed by atoms with E-state index in [1.807, 2.05) is 0 Å². The van der Waals surface area contributed by atoms with Crippen LogP contribution in [0.4, 0.5) is 10.1 Å². The Morgan fingerprint density at radius 1 is 0.960 bits per heavy atom. The van der Waals surface area contributed by atoms with Crippen LogP contribution in [0.25, 0.3) is 12.2 Å². The number of nitrogens with zero attached hydrogens (tertiary/aromatic N) is 1. The molecule has 2 aromatic rings. The number of ketones is 1. The topological polar surface area (TPSA) is 60.2 Å². The fraction of sp³-hybridized carbons (Fsp3) is 0.150. The number of allylic oxidation sites excluding steroid dienone is 2. The Kier molecular flexibility index (Phi) is 4.84. The molecular formula is C20H16FNO3. The number of Topliss-reactive ketones (excluding diaryl/α,β-unsaturated/α-hetero) is 1. The summed E-state index contributed by atoms with van der Waals surface area (Å²) in [5.41, 5.74) is 2.38. The summed E-state index contributed by atoms with van der Waals surface area (Å²) >= 11 is 0. The van der Waals surface area contributed by atoms with Crippen molar-refractivity contribution in [1.29, 1.82) is 0 Å². The summed E-state index contributed by atoms with van der Waals surface area (Å²) in [6.07, 6.45) is 5.40. The molecule has 2 aromatic carbocycles. The molecule has 4 nitrogen and oxygen atoms in total. The second-order valence-electron chi connectivity index (χ2n) is 5.89. The normalized spacial score (nSPS) is 17.9. The first-order valence-corrected chi connectivity index (χ1v) is 7.99. The Hall–Kier alpha value is -3.08. The van der Waals surface area contributed by atoms with Gasteiger partial charge in [0.1, 0.15) is 5.82 Å². The highest BCUT2D eigenvalue weighted by Crippen LogP contribution is 2.30. The molecule has 0 heterocycles. The SMILES string of the molecule is O=C1/C(=C/c2ccc(F)cc2)CCC/C1=C\c1ccccc1[N+](=O)[O-]. The van der Waals surface area contributed by atoms with Gasteiger partial charge in [0.25, 0.3) is 5.69 Å². The van der Waals surface area contributed by atoms with Gasteiger partial charge in [-0.15, -0.1) is 0 Å². The number of carbonyl (C=O) groups is 1. The zero-order valence-corrected chi connectivity index (χ0v) is 13.4. The first kappa shape index (κ1) is 16.8. The molecule has 0 saturated heterocycles. The molecule has 0 aliphatic heterocycles. The molecule has 0 spiro atoms. The number of hydrogen-bond acceptors (Lipinski definition) is 3. The largest absolute Gasteiger partial charge is 0.289 e. The Balaban J connectivity index is 1.92. The summed E-state index contributed by atoms with van der Waals surface area (Å²) in [6, 6.07) is 12.3. The lowest BCUT2D eigenvalue weighted by molar-refractivity contribution is -0.385. The number of nitro groups is 1. The van der Waals surface area contributed by atoms with Gasteiger partial charge in [-0.3, -0.25) is 14.9 Å². The Morgan fingerprint density at radius 3 is 2.28 bits per heavy atom. The van der Waals surface area contributed by atoms with Gasteiger partial charge in [-0.05, 0) is 55.2 Å². The maximum Gasteiger partial charge on any atom is 0.276 e. The zero-order chi connectivity index (χ0) is 17.8. The van der Waals surface area contributed by atoms with E-state index in [1.165, 1.54) is 18.2 Å². The third kappa shape index (κ3) is 3.88. The van der Waals surface area contributed by atoms with Gasteiger partial charge in [-0.1, -0.05) is 24.3 Å². The maximum absolute atomic E-state index is 13.0. The molecule has 5 heteroatoms. The first-order valence-electron chi connectivity index (χ1n) is 7.99. The van der Waals surface area contributed by atoms with Gasteiger partial charge in [0.15, 0.2) is 5.78 Å². The van der Waals surface area contributed by atoms with Gasteiger partial charge < -0.3 is 0 Å². The minimum atomic E-state index is -0.449. The van der Waals surface area contributed by atoms with Crippen molar-refractivity contribution in [3.8, 4) is 0 Å². The summed E-state index contributed by atoms with van der Waals surface area (Å²) in [4.78, 5) is 23.4. The van der Waals surface area contributed by atoms with Crippen molar-refractivity contribution in [3.05, 3.63) is 86.7 Å². The summed E-state index contributed by atoms with van der Waals surface area (Å²) in [7, 11) is 0. The number of rotatable bonds is 3. The van der Waals surface area contributed by atoms with Crippen LogP contribution in [0.1, 0.15) is 30.4 Å².